The SMILES string of the molecule is CCCn1nc(C)c2cnn(-c3ccc(C)c(C)c3)c2c1=O. The van der Waals surface area contributed by atoms with E-state index < -0.39 is 0 Å². The second kappa shape index (κ2) is 5.40. The van der Waals surface area contributed by atoms with Crippen LogP contribution in [0.3, 0.4) is 0 Å². The first-order chi connectivity index (χ1) is 10.5. The number of hydrogen-bond donors (Lipinski definition) is 0. The molecule has 0 atom stereocenters. The lowest BCUT2D eigenvalue weighted by molar-refractivity contribution is 0.566. The van der Waals surface area contributed by atoms with Gasteiger partial charge in [0.05, 0.1) is 17.6 Å². The van der Waals surface area contributed by atoms with E-state index in [9.17, 15) is 4.79 Å². The van der Waals surface area contributed by atoms with Crippen molar-refractivity contribution in [2.24, 2.45) is 0 Å². The van der Waals surface area contributed by atoms with Crippen LogP contribution in [0.25, 0.3) is 16.6 Å². The lowest BCUT2D eigenvalue weighted by Gasteiger charge is -2.09. The van der Waals surface area contributed by atoms with Gasteiger partial charge in [-0.05, 0) is 50.5 Å². The molecule has 3 rings (SSSR count). The molecule has 1 aromatic carbocycles. The molecule has 0 saturated heterocycles. The third-order valence-electron chi connectivity index (χ3n) is 4.04. The van der Waals surface area contributed by atoms with Crippen LogP contribution >= 0.6 is 0 Å². The van der Waals surface area contributed by atoms with Crippen molar-refractivity contribution in [3.05, 3.63) is 51.6 Å². The Balaban J connectivity index is 2.31. The summed E-state index contributed by atoms with van der Waals surface area (Å²) >= 11 is 0. The maximum atomic E-state index is 12.7. The first-order valence-corrected chi connectivity index (χ1v) is 7.56. The second-order valence-electron chi connectivity index (χ2n) is 5.70. The molecule has 0 spiro atoms. The third kappa shape index (κ3) is 2.22. The van der Waals surface area contributed by atoms with Crippen molar-refractivity contribution >= 4 is 10.9 Å². The fraction of sp³-hybridized carbons (Fsp3) is 0.353. The summed E-state index contributed by atoms with van der Waals surface area (Å²) in [5, 5.41) is 9.62. The molecule has 0 amide bonds. The van der Waals surface area contributed by atoms with Crippen molar-refractivity contribution in [2.45, 2.75) is 40.7 Å². The van der Waals surface area contributed by atoms with E-state index >= 15 is 0 Å². The molecule has 0 aliphatic carbocycles. The minimum atomic E-state index is -0.0850. The standard InChI is InChI=1S/C17H20N4O/c1-5-8-20-17(22)16-15(13(4)19-20)10-18-21(16)14-7-6-11(2)12(3)9-14/h6-7,9-10H,5,8H2,1-4H3. The van der Waals surface area contributed by atoms with Crippen molar-refractivity contribution in [3.63, 3.8) is 0 Å². The Hall–Kier alpha value is -2.43. The average Bonchev–Trinajstić information content (AvgIpc) is 2.93. The highest BCUT2D eigenvalue weighted by molar-refractivity contribution is 5.81. The number of benzene rings is 1. The fourth-order valence-electron chi connectivity index (χ4n) is 2.64. The molecule has 5 nitrogen and oxygen atoms in total. The predicted molar refractivity (Wildman–Crippen MR) is 87.6 cm³/mol. The van der Waals surface area contributed by atoms with Gasteiger partial charge >= 0.3 is 0 Å². The second-order valence-corrected chi connectivity index (χ2v) is 5.70. The summed E-state index contributed by atoms with van der Waals surface area (Å²) in [7, 11) is 0. The van der Waals surface area contributed by atoms with E-state index in [0.29, 0.717) is 12.1 Å². The molecule has 0 N–H and O–H groups in total. The Labute approximate surface area is 129 Å². The van der Waals surface area contributed by atoms with E-state index in [4.69, 9.17) is 0 Å². The molecule has 5 heteroatoms. The Kier molecular flexibility index (Phi) is 3.56. The van der Waals surface area contributed by atoms with Gasteiger partial charge < -0.3 is 0 Å². The first kappa shape index (κ1) is 14.5. The van der Waals surface area contributed by atoms with E-state index in [-0.39, 0.29) is 5.56 Å². The van der Waals surface area contributed by atoms with Gasteiger partial charge in [-0.25, -0.2) is 9.36 Å². The van der Waals surface area contributed by atoms with Crippen LogP contribution in [0, 0.1) is 20.8 Å². The maximum absolute atomic E-state index is 12.7. The van der Waals surface area contributed by atoms with Crippen molar-refractivity contribution in [1.82, 2.24) is 19.6 Å². The van der Waals surface area contributed by atoms with E-state index in [1.807, 2.05) is 19.9 Å². The van der Waals surface area contributed by atoms with Gasteiger partial charge in [-0.1, -0.05) is 13.0 Å². The van der Waals surface area contributed by atoms with Gasteiger partial charge in [-0.15, -0.1) is 0 Å². The summed E-state index contributed by atoms with van der Waals surface area (Å²) < 4.78 is 3.27. The van der Waals surface area contributed by atoms with Gasteiger partial charge in [0.15, 0.2) is 0 Å². The molecule has 2 heterocycles. The lowest BCUT2D eigenvalue weighted by atomic mass is 10.1. The minimum Gasteiger partial charge on any atom is -0.265 e. The van der Waals surface area contributed by atoms with Crippen molar-refractivity contribution < 1.29 is 0 Å². The van der Waals surface area contributed by atoms with Crippen molar-refractivity contribution in [3.8, 4) is 5.69 Å². The van der Waals surface area contributed by atoms with Gasteiger partial charge in [-0.2, -0.15) is 10.2 Å². The zero-order valence-corrected chi connectivity index (χ0v) is 13.4. The minimum absolute atomic E-state index is 0.0850. The highest BCUT2D eigenvalue weighted by Gasteiger charge is 2.14. The molecule has 0 aliphatic heterocycles. The number of aromatic nitrogens is 4. The van der Waals surface area contributed by atoms with Gasteiger partial charge in [0.25, 0.3) is 5.56 Å². The number of rotatable bonds is 3. The molecule has 0 bridgehead atoms. The predicted octanol–water partition coefficient (Wildman–Crippen LogP) is 2.92. The number of hydrogen-bond acceptors (Lipinski definition) is 3. The molecule has 2 aromatic heterocycles. The summed E-state index contributed by atoms with van der Waals surface area (Å²) in [4.78, 5) is 12.7. The molecule has 3 aromatic rings. The van der Waals surface area contributed by atoms with E-state index in [1.54, 1.807) is 10.9 Å². The van der Waals surface area contributed by atoms with Gasteiger partial charge in [0, 0.05) is 11.9 Å². The molecular weight excluding hydrogens is 276 g/mol. The van der Waals surface area contributed by atoms with Crippen LogP contribution in [-0.2, 0) is 6.54 Å². The molecular formula is C17H20N4O. The molecule has 0 unspecified atom stereocenters. The molecule has 0 fully saturated rings. The van der Waals surface area contributed by atoms with Crippen LogP contribution in [-0.4, -0.2) is 19.6 Å². The first-order valence-electron chi connectivity index (χ1n) is 7.56. The normalized spacial score (nSPS) is 11.3. The number of fused-ring (bicyclic) bond motifs is 1. The quantitative estimate of drug-likeness (QED) is 0.746. The van der Waals surface area contributed by atoms with Crippen LogP contribution in [0.2, 0.25) is 0 Å². The monoisotopic (exact) mass is 296 g/mol. The Morgan fingerprint density at radius 2 is 1.91 bits per heavy atom. The third-order valence-corrected chi connectivity index (χ3v) is 4.04. The van der Waals surface area contributed by atoms with Crippen LogP contribution in [0.5, 0.6) is 0 Å². The fourth-order valence-corrected chi connectivity index (χ4v) is 2.64. The summed E-state index contributed by atoms with van der Waals surface area (Å²) in [6, 6.07) is 6.10. The topological polar surface area (TPSA) is 52.7 Å². The summed E-state index contributed by atoms with van der Waals surface area (Å²) in [5.74, 6) is 0. The van der Waals surface area contributed by atoms with Crippen LogP contribution in [0.4, 0.5) is 0 Å². The highest BCUT2D eigenvalue weighted by Crippen LogP contribution is 2.19. The zero-order valence-electron chi connectivity index (χ0n) is 13.4. The van der Waals surface area contributed by atoms with Crippen LogP contribution in [0.15, 0.2) is 29.2 Å². The molecule has 0 aliphatic rings. The summed E-state index contributed by atoms with van der Waals surface area (Å²) in [6.07, 6.45) is 2.60. The molecule has 0 saturated carbocycles. The lowest BCUT2D eigenvalue weighted by Crippen LogP contribution is -2.25. The van der Waals surface area contributed by atoms with Gasteiger partial charge in [0.1, 0.15) is 5.52 Å². The Morgan fingerprint density at radius 3 is 2.59 bits per heavy atom. The highest BCUT2D eigenvalue weighted by atomic mass is 16.1. The van der Waals surface area contributed by atoms with Gasteiger partial charge in [-0.3, -0.25) is 4.79 Å². The van der Waals surface area contributed by atoms with Crippen LogP contribution < -0.4 is 5.56 Å². The van der Waals surface area contributed by atoms with E-state index in [0.717, 1.165) is 23.2 Å². The van der Waals surface area contributed by atoms with Gasteiger partial charge in [0.2, 0.25) is 0 Å². The molecule has 22 heavy (non-hydrogen) atoms. The maximum Gasteiger partial charge on any atom is 0.293 e. The largest absolute Gasteiger partial charge is 0.293 e. The van der Waals surface area contributed by atoms with E-state index in [1.165, 1.54) is 15.8 Å². The molecule has 114 valence electrons. The smallest absolute Gasteiger partial charge is 0.265 e. The van der Waals surface area contributed by atoms with Crippen LogP contribution in [0.1, 0.15) is 30.2 Å². The number of aryl methyl sites for hydroxylation is 4. The van der Waals surface area contributed by atoms with Crippen molar-refractivity contribution in [1.29, 1.82) is 0 Å². The number of nitrogens with zero attached hydrogens (tertiary/aromatic N) is 4. The zero-order chi connectivity index (χ0) is 15.9. The Morgan fingerprint density at radius 1 is 1.14 bits per heavy atom. The molecule has 0 radical (unpaired) electrons. The Bertz CT molecular complexity index is 905. The van der Waals surface area contributed by atoms with Crippen molar-refractivity contribution in [2.75, 3.05) is 0 Å². The average molecular weight is 296 g/mol. The summed E-state index contributed by atoms with van der Waals surface area (Å²) in [5.41, 5.74) is 4.66. The summed E-state index contributed by atoms with van der Waals surface area (Å²) in [6.45, 7) is 8.71. The van der Waals surface area contributed by atoms with E-state index in [2.05, 4.69) is 36.2 Å².